The molecular formula is C22H18ClN3O3S2. The first kappa shape index (κ1) is 21.6. The minimum Gasteiger partial charge on any atom is -0.588 e. The van der Waals surface area contributed by atoms with Gasteiger partial charge in [0.25, 0.3) is 5.91 Å². The minimum absolute atomic E-state index is 0.0918. The molecule has 0 saturated carbocycles. The molecule has 6 nitrogen and oxygen atoms in total. The number of anilines is 3. The van der Waals surface area contributed by atoms with Crippen LogP contribution in [-0.2, 0) is 16.2 Å². The van der Waals surface area contributed by atoms with E-state index in [4.69, 9.17) is 11.6 Å². The molecule has 158 valence electrons. The van der Waals surface area contributed by atoms with Gasteiger partial charge < -0.3 is 15.2 Å². The summed E-state index contributed by atoms with van der Waals surface area (Å²) in [7, 11) is 0. The van der Waals surface area contributed by atoms with E-state index in [1.807, 2.05) is 43.3 Å². The standard InChI is InChI=1S/C22H18ClN3O3S2/c1-13-21(27)25-19-11-14(7-10-20(19)30-13)22(28)24-18-9-8-16(12-17(18)23)31(29)26-15-5-3-2-4-6-15/h2-13,26H,1H3,(H,24,28)(H,25,27). The van der Waals surface area contributed by atoms with Gasteiger partial charge in [0.05, 0.1) is 27.3 Å². The number of benzene rings is 3. The van der Waals surface area contributed by atoms with E-state index in [1.54, 1.807) is 30.3 Å². The second-order valence-corrected chi connectivity index (χ2v) is 9.80. The Hall–Kier alpha value is -2.65. The smallest absolute Gasteiger partial charge is 0.255 e. The normalized spacial score (nSPS) is 16.1. The van der Waals surface area contributed by atoms with Gasteiger partial charge >= 0.3 is 0 Å². The Morgan fingerprint density at radius 3 is 2.65 bits per heavy atom. The molecule has 9 heteroatoms. The molecule has 0 fully saturated rings. The third-order valence-corrected chi connectivity index (χ3v) is 7.15. The molecule has 2 atom stereocenters. The van der Waals surface area contributed by atoms with Crippen LogP contribution in [0.5, 0.6) is 0 Å². The van der Waals surface area contributed by atoms with Crippen LogP contribution in [0.4, 0.5) is 17.1 Å². The number of rotatable bonds is 5. The topological polar surface area (TPSA) is 93.3 Å². The summed E-state index contributed by atoms with van der Waals surface area (Å²) in [6.45, 7) is 1.83. The van der Waals surface area contributed by atoms with Crippen LogP contribution in [0, 0.1) is 0 Å². The highest BCUT2D eigenvalue weighted by Crippen LogP contribution is 2.36. The molecule has 0 spiro atoms. The van der Waals surface area contributed by atoms with Gasteiger partial charge in [0.2, 0.25) is 5.91 Å². The van der Waals surface area contributed by atoms with Gasteiger partial charge in [0.15, 0.2) is 4.90 Å². The van der Waals surface area contributed by atoms with Crippen LogP contribution in [-0.4, -0.2) is 21.6 Å². The summed E-state index contributed by atoms with van der Waals surface area (Å²) in [6.07, 6.45) is 0. The van der Waals surface area contributed by atoms with Crippen molar-refractivity contribution in [1.29, 1.82) is 0 Å². The minimum atomic E-state index is -1.50. The third-order valence-electron chi connectivity index (χ3n) is 4.56. The molecule has 3 N–H and O–H groups in total. The lowest BCUT2D eigenvalue weighted by Crippen LogP contribution is -2.26. The second-order valence-electron chi connectivity index (χ2n) is 6.79. The molecule has 0 aliphatic carbocycles. The van der Waals surface area contributed by atoms with Crippen LogP contribution >= 0.6 is 23.4 Å². The fourth-order valence-corrected chi connectivity index (χ4v) is 5.04. The molecule has 3 aromatic carbocycles. The van der Waals surface area contributed by atoms with Gasteiger partial charge in [-0.25, -0.2) is 4.72 Å². The molecular weight excluding hydrogens is 454 g/mol. The van der Waals surface area contributed by atoms with Crippen molar-refractivity contribution in [2.45, 2.75) is 22.0 Å². The highest BCUT2D eigenvalue weighted by Gasteiger charge is 2.24. The van der Waals surface area contributed by atoms with Crippen molar-refractivity contribution in [2.75, 3.05) is 15.4 Å². The van der Waals surface area contributed by atoms with Gasteiger partial charge in [-0.1, -0.05) is 29.8 Å². The number of fused-ring (bicyclic) bond motifs is 1. The maximum absolute atomic E-state index is 12.7. The van der Waals surface area contributed by atoms with Gasteiger partial charge in [-0.05, 0) is 49.4 Å². The van der Waals surface area contributed by atoms with E-state index in [-0.39, 0.29) is 22.1 Å². The molecule has 0 bridgehead atoms. The summed E-state index contributed by atoms with van der Waals surface area (Å²) in [5, 5.41) is 5.67. The summed E-state index contributed by atoms with van der Waals surface area (Å²) in [4.78, 5) is 26.0. The fraction of sp³-hybridized carbons (Fsp3) is 0.0909. The highest BCUT2D eigenvalue weighted by atomic mass is 35.5. The van der Waals surface area contributed by atoms with Crippen molar-refractivity contribution in [1.82, 2.24) is 0 Å². The Morgan fingerprint density at radius 2 is 1.90 bits per heavy atom. The average Bonchev–Trinajstić information content (AvgIpc) is 2.76. The Bertz CT molecular complexity index is 1140. The number of thioether (sulfide) groups is 1. The summed E-state index contributed by atoms with van der Waals surface area (Å²) < 4.78 is 15.4. The van der Waals surface area contributed by atoms with Crippen LogP contribution in [0.1, 0.15) is 17.3 Å². The molecule has 4 rings (SSSR count). The zero-order valence-electron chi connectivity index (χ0n) is 16.3. The fourth-order valence-electron chi connectivity index (χ4n) is 2.93. The SMILES string of the molecule is CC1Sc2ccc(C(=O)Nc3ccc([S+]([O-])Nc4ccccc4)cc3Cl)cc2NC1=O. The van der Waals surface area contributed by atoms with E-state index in [0.29, 0.717) is 21.8 Å². The van der Waals surface area contributed by atoms with Gasteiger partial charge in [0, 0.05) is 16.5 Å². The van der Waals surface area contributed by atoms with Gasteiger partial charge in [-0.2, -0.15) is 0 Å². The first-order valence-electron chi connectivity index (χ1n) is 9.36. The van der Waals surface area contributed by atoms with E-state index in [0.717, 1.165) is 10.6 Å². The third kappa shape index (κ3) is 4.99. The highest BCUT2D eigenvalue weighted by molar-refractivity contribution is 8.01. The molecule has 0 aromatic heterocycles. The molecule has 3 aromatic rings. The summed E-state index contributed by atoms with van der Waals surface area (Å²) in [6, 6.07) is 19.1. The van der Waals surface area contributed by atoms with Gasteiger partial charge in [-0.3, -0.25) is 9.59 Å². The van der Waals surface area contributed by atoms with Gasteiger partial charge in [-0.15, -0.1) is 11.8 Å². The Kier molecular flexibility index (Phi) is 6.43. The van der Waals surface area contributed by atoms with Crippen molar-refractivity contribution in [2.24, 2.45) is 0 Å². The number of nitrogens with one attached hydrogen (secondary N) is 3. The monoisotopic (exact) mass is 471 g/mol. The first-order valence-corrected chi connectivity index (χ1v) is 11.8. The summed E-state index contributed by atoms with van der Waals surface area (Å²) in [5.41, 5.74) is 2.13. The predicted octanol–water partition coefficient (Wildman–Crippen LogP) is 5.16. The van der Waals surface area contributed by atoms with Crippen LogP contribution in [0.2, 0.25) is 5.02 Å². The van der Waals surface area contributed by atoms with Crippen molar-refractivity contribution >= 4 is 63.6 Å². The largest absolute Gasteiger partial charge is 0.588 e. The van der Waals surface area contributed by atoms with Crippen LogP contribution < -0.4 is 15.4 Å². The molecule has 1 heterocycles. The zero-order chi connectivity index (χ0) is 22.0. The number of hydrogen-bond acceptors (Lipinski definition) is 5. The molecule has 2 unspecified atom stereocenters. The van der Waals surface area contributed by atoms with Crippen LogP contribution in [0.25, 0.3) is 0 Å². The predicted molar refractivity (Wildman–Crippen MR) is 126 cm³/mol. The lowest BCUT2D eigenvalue weighted by molar-refractivity contribution is -0.115. The van der Waals surface area contributed by atoms with Crippen molar-refractivity contribution < 1.29 is 14.1 Å². The van der Waals surface area contributed by atoms with Crippen molar-refractivity contribution in [3.05, 3.63) is 77.3 Å². The number of carbonyl (C=O) groups excluding carboxylic acids is 2. The molecule has 1 aliphatic heterocycles. The average molecular weight is 472 g/mol. The Balaban J connectivity index is 1.46. The lowest BCUT2D eigenvalue weighted by Gasteiger charge is -2.21. The molecule has 0 radical (unpaired) electrons. The molecule has 0 saturated heterocycles. The zero-order valence-corrected chi connectivity index (χ0v) is 18.7. The number of halogens is 1. The van der Waals surface area contributed by atoms with E-state index < -0.39 is 11.4 Å². The lowest BCUT2D eigenvalue weighted by atomic mass is 10.1. The van der Waals surface area contributed by atoms with E-state index in [2.05, 4.69) is 15.4 Å². The summed E-state index contributed by atoms with van der Waals surface area (Å²) >= 11 is 6.27. The Labute approximate surface area is 192 Å². The van der Waals surface area contributed by atoms with E-state index in [1.165, 1.54) is 11.8 Å². The second kappa shape index (κ2) is 9.23. The molecule has 2 amide bonds. The summed E-state index contributed by atoms with van der Waals surface area (Å²) in [5.74, 6) is -0.454. The number of para-hydroxylation sites is 1. The van der Waals surface area contributed by atoms with E-state index >= 15 is 0 Å². The molecule has 31 heavy (non-hydrogen) atoms. The quantitative estimate of drug-likeness (QED) is 0.447. The number of amides is 2. The van der Waals surface area contributed by atoms with Gasteiger partial charge in [0.1, 0.15) is 11.4 Å². The van der Waals surface area contributed by atoms with Crippen LogP contribution in [0.3, 0.4) is 0 Å². The maximum Gasteiger partial charge on any atom is 0.255 e. The Morgan fingerprint density at radius 1 is 1.13 bits per heavy atom. The number of carbonyl (C=O) groups is 2. The molecule has 1 aliphatic rings. The maximum atomic E-state index is 12.7. The van der Waals surface area contributed by atoms with Crippen molar-refractivity contribution in [3.63, 3.8) is 0 Å². The first-order chi connectivity index (χ1) is 14.9. The number of hydrogen-bond donors (Lipinski definition) is 3. The van der Waals surface area contributed by atoms with Crippen LogP contribution in [0.15, 0.2) is 76.5 Å². The van der Waals surface area contributed by atoms with E-state index in [9.17, 15) is 14.1 Å². The van der Waals surface area contributed by atoms with Crippen molar-refractivity contribution in [3.8, 4) is 0 Å².